The standard InChI is InChI=1S/C16H22O2S/c1-4-13(2)11-19-12-15-10-14(6-5-9-17)7-8-16(15)18-3/h7-8,10,13,17H,4,9,11-12H2,1-3H3. The van der Waals surface area contributed by atoms with E-state index in [9.17, 15) is 0 Å². The molecule has 0 saturated heterocycles. The third-order valence-electron chi connectivity index (χ3n) is 2.95. The van der Waals surface area contributed by atoms with Crippen LogP contribution in [-0.2, 0) is 5.75 Å². The Morgan fingerprint density at radius 1 is 1.42 bits per heavy atom. The lowest BCUT2D eigenvalue weighted by atomic mass is 10.1. The summed E-state index contributed by atoms with van der Waals surface area (Å²) in [4.78, 5) is 0. The van der Waals surface area contributed by atoms with Gasteiger partial charge in [0.05, 0.1) is 7.11 Å². The highest BCUT2D eigenvalue weighted by Gasteiger charge is 2.05. The van der Waals surface area contributed by atoms with Crippen molar-refractivity contribution >= 4 is 11.8 Å². The first-order valence-corrected chi connectivity index (χ1v) is 7.71. The van der Waals surface area contributed by atoms with Gasteiger partial charge >= 0.3 is 0 Å². The minimum atomic E-state index is -0.107. The molecule has 0 radical (unpaired) electrons. The monoisotopic (exact) mass is 278 g/mol. The van der Waals surface area contributed by atoms with E-state index >= 15 is 0 Å². The van der Waals surface area contributed by atoms with Gasteiger partial charge in [-0.05, 0) is 29.9 Å². The van der Waals surface area contributed by atoms with E-state index in [0.29, 0.717) is 0 Å². The van der Waals surface area contributed by atoms with Crippen LogP contribution in [0.3, 0.4) is 0 Å². The molecule has 1 N–H and O–H groups in total. The van der Waals surface area contributed by atoms with Crippen LogP contribution in [-0.4, -0.2) is 24.6 Å². The number of methoxy groups -OCH3 is 1. The zero-order valence-electron chi connectivity index (χ0n) is 11.9. The van der Waals surface area contributed by atoms with E-state index in [4.69, 9.17) is 9.84 Å². The molecule has 1 atom stereocenters. The maximum absolute atomic E-state index is 8.72. The predicted octanol–water partition coefficient (Wildman–Crippen LogP) is 3.32. The van der Waals surface area contributed by atoms with Gasteiger partial charge in [0.25, 0.3) is 0 Å². The van der Waals surface area contributed by atoms with Crippen molar-refractivity contribution in [1.29, 1.82) is 0 Å². The van der Waals surface area contributed by atoms with E-state index in [1.807, 2.05) is 30.0 Å². The second-order valence-electron chi connectivity index (χ2n) is 4.52. The van der Waals surface area contributed by atoms with Crippen LogP contribution in [0.5, 0.6) is 5.75 Å². The van der Waals surface area contributed by atoms with Gasteiger partial charge in [0, 0.05) is 16.9 Å². The average molecular weight is 278 g/mol. The van der Waals surface area contributed by atoms with Crippen molar-refractivity contribution in [1.82, 2.24) is 0 Å². The predicted molar refractivity (Wildman–Crippen MR) is 82.6 cm³/mol. The number of ether oxygens (including phenoxy) is 1. The molecule has 1 unspecified atom stereocenters. The van der Waals surface area contributed by atoms with Crippen molar-refractivity contribution in [3.63, 3.8) is 0 Å². The minimum Gasteiger partial charge on any atom is -0.496 e. The summed E-state index contributed by atoms with van der Waals surface area (Å²) in [5.41, 5.74) is 2.09. The molecule has 0 aliphatic carbocycles. The van der Waals surface area contributed by atoms with Gasteiger partial charge in [0.2, 0.25) is 0 Å². The van der Waals surface area contributed by atoms with Crippen molar-refractivity contribution in [2.24, 2.45) is 5.92 Å². The molecule has 1 aromatic rings. The molecule has 19 heavy (non-hydrogen) atoms. The lowest BCUT2D eigenvalue weighted by Gasteiger charge is -2.11. The molecule has 0 aromatic heterocycles. The SMILES string of the molecule is CCC(C)CSCc1cc(C#CCO)ccc1OC. The molecule has 0 bridgehead atoms. The van der Waals surface area contributed by atoms with Gasteiger partial charge in [-0.15, -0.1) is 0 Å². The van der Waals surface area contributed by atoms with Crippen molar-refractivity contribution in [2.75, 3.05) is 19.5 Å². The normalized spacial score (nSPS) is 11.6. The minimum absolute atomic E-state index is 0.107. The third-order valence-corrected chi connectivity index (χ3v) is 4.27. The van der Waals surface area contributed by atoms with Crippen molar-refractivity contribution in [3.05, 3.63) is 29.3 Å². The van der Waals surface area contributed by atoms with Crippen LogP contribution >= 0.6 is 11.8 Å². The molecule has 0 fully saturated rings. The lowest BCUT2D eigenvalue weighted by molar-refractivity contribution is 0.350. The summed E-state index contributed by atoms with van der Waals surface area (Å²) in [7, 11) is 1.69. The Balaban J connectivity index is 2.72. The van der Waals surface area contributed by atoms with Crippen LogP contribution in [0.1, 0.15) is 31.4 Å². The Hall–Kier alpha value is -1.11. The zero-order valence-corrected chi connectivity index (χ0v) is 12.7. The van der Waals surface area contributed by atoms with Gasteiger partial charge in [-0.2, -0.15) is 11.8 Å². The van der Waals surface area contributed by atoms with E-state index in [2.05, 4.69) is 25.7 Å². The van der Waals surface area contributed by atoms with E-state index in [0.717, 1.165) is 28.7 Å². The average Bonchev–Trinajstić information content (AvgIpc) is 2.45. The maximum Gasteiger partial charge on any atom is 0.122 e. The van der Waals surface area contributed by atoms with Crippen LogP contribution < -0.4 is 4.74 Å². The fourth-order valence-electron chi connectivity index (χ4n) is 1.60. The van der Waals surface area contributed by atoms with Crippen molar-refractivity contribution in [3.8, 4) is 17.6 Å². The number of hydrogen-bond donors (Lipinski definition) is 1. The van der Waals surface area contributed by atoms with Gasteiger partial charge in [-0.1, -0.05) is 32.1 Å². The van der Waals surface area contributed by atoms with E-state index < -0.39 is 0 Å². The summed E-state index contributed by atoms with van der Waals surface area (Å²) in [6.07, 6.45) is 1.21. The Morgan fingerprint density at radius 3 is 2.84 bits per heavy atom. The molecular weight excluding hydrogens is 256 g/mol. The molecule has 0 aliphatic heterocycles. The van der Waals surface area contributed by atoms with Gasteiger partial charge in [0.1, 0.15) is 12.4 Å². The molecule has 0 saturated carbocycles. The maximum atomic E-state index is 8.72. The van der Waals surface area contributed by atoms with Crippen molar-refractivity contribution in [2.45, 2.75) is 26.0 Å². The van der Waals surface area contributed by atoms with Crippen LogP contribution in [0.2, 0.25) is 0 Å². The summed E-state index contributed by atoms with van der Waals surface area (Å²) in [6, 6.07) is 5.91. The molecule has 0 spiro atoms. The smallest absolute Gasteiger partial charge is 0.122 e. The highest BCUT2D eigenvalue weighted by molar-refractivity contribution is 7.98. The Bertz CT molecular complexity index is 446. The first-order valence-electron chi connectivity index (χ1n) is 6.55. The largest absolute Gasteiger partial charge is 0.496 e. The van der Waals surface area contributed by atoms with Gasteiger partial charge in [-0.3, -0.25) is 0 Å². The number of aliphatic hydroxyl groups is 1. The van der Waals surface area contributed by atoms with Crippen LogP contribution in [0.25, 0.3) is 0 Å². The van der Waals surface area contributed by atoms with E-state index in [1.165, 1.54) is 12.0 Å². The summed E-state index contributed by atoms with van der Waals surface area (Å²) in [5.74, 6) is 9.35. The number of aliphatic hydroxyl groups excluding tert-OH is 1. The lowest BCUT2D eigenvalue weighted by Crippen LogP contribution is -1.97. The fourth-order valence-corrected chi connectivity index (χ4v) is 2.80. The highest BCUT2D eigenvalue weighted by atomic mass is 32.2. The first-order chi connectivity index (χ1) is 9.21. The molecule has 2 nitrogen and oxygen atoms in total. The highest BCUT2D eigenvalue weighted by Crippen LogP contribution is 2.25. The molecule has 0 aliphatic rings. The molecule has 3 heteroatoms. The molecule has 1 aromatic carbocycles. The Morgan fingerprint density at radius 2 is 2.21 bits per heavy atom. The Kier molecular flexibility index (Phi) is 7.47. The second kappa shape index (κ2) is 8.90. The number of benzene rings is 1. The van der Waals surface area contributed by atoms with Crippen LogP contribution in [0.15, 0.2) is 18.2 Å². The summed E-state index contributed by atoms with van der Waals surface area (Å²) in [5, 5.41) is 8.72. The van der Waals surface area contributed by atoms with Gasteiger partial charge < -0.3 is 9.84 Å². The number of rotatable bonds is 6. The number of thioether (sulfide) groups is 1. The van der Waals surface area contributed by atoms with E-state index in [1.54, 1.807) is 7.11 Å². The van der Waals surface area contributed by atoms with Gasteiger partial charge in [-0.25, -0.2) is 0 Å². The van der Waals surface area contributed by atoms with E-state index in [-0.39, 0.29) is 6.61 Å². The van der Waals surface area contributed by atoms with Gasteiger partial charge in [0.15, 0.2) is 0 Å². The molecule has 1 rings (SSSR count). The summed E-state index contributed by atoms with van der Waals surface area (Å²) in [6.45, 7) is 4.38. The third kappa shape index (κ3) is 5.59. The Labute approximate surface area is 120 Å². The molecule has 104 valence electrons. The summed E-state index contributed by atoms with van der Waals surface area (Å²) < 4.78 is 5.38. The second-order valence-corrected chi connectivity index (χ2v) is 5.55. The van der Waals surface area contributed by atoms with Crippen LogP contribution in [0, 0.1) is 17.8 Å². The molecular formula is C16H22O2S. The molecule has 0 heterocycles. The fraction of sp³-hybridized carbons (Fsp3) is 0.500. The quantitative estimate of drug-likeness (QED) is 0.810. The zero-order chi connectivity index (χ0) is 14.1. The number of hydrogen-bond acceptors (Lipinski definition) is 3. The topological polar surface area (TPSA) is 29.5 Å². The molecule has 0 amide bonds. The summed E-state index contributed by atoms with van der Waals surface area (Å²) >= 11 is 1.92. The first kappa shape index (κ1) is 15.9. The van der Waals surface area contributed by atoms with Crippen LogP contribution in [0.4, 0.5) is 0 Å². The van der Waals surface area contributed by atoms with Crippen molar-refractivity contribution < 1.29 is 9.84 Å².